The van der Waals surface area contributed by atoms with Crippen molar-refractivity contribution in [2.75, 3.05) is 13.2 Å². The van der Waals surface area contributed by atoms with Crippen molar-refractivity contribution in [3.63, 3.8) is 0 Å². The highest BCUT2D eigenvalue weighted by Crippen LogP contribution is 2.36. The highest BCUT2D eigenvalue weighted by molar-refractivity contribution is 7.46. The lowest BCUT2D eigenvalue weighted by Gasteiger charge is -2.18. The van der Waals surface area contributed by atoms with Gasteiger partial charge in [-0.1, -0.05) is 220 Å². The fraction of sp³-hybridized carbons (Fsp3) is 0.956. The smallest absolute Gasteiger partial charge is 0.462 e. The molecule has 8 nitrogen and oxygen atoms in total. The molecule has 0 aliphatic heterocycles. The van der Waals surface area contributed by atoms with Crippen LogP contribution in [-0.4, -0.2) is 41.0 Å². The molecule has 0 aromatic rings. The molecule has 0 aliphatic rings. The first-order chi connectivity index (χ1) is 26.1. The Kier molecular flexibility index (Phi) is 38.2. The van der Waals surface area contributed by atoms with E-state index in [-0.39, 0.29) is 19.4 Å². The predicted molar refractivity (Wildman–Crippen MR) is 225 cm³/mol. The van der Waals surface area contributed by atoms with Gasteiger partial charge in [-0.3, -0.25) is 14.1 Å². The molecule has 0 aromatic carbocycles. The van der Waals surface area contributed by atoms with E-state index in [1.165, 1.54) is 167 Å². The number of unbranched alkanes of at least 4 members (excludes halogenated alkanes) is 26. The number of hydrogen-bond acceptors (Lipinski definition) is 6. The SMILES string of the molecule is CCC(C)CCCCCCCCCCCCCCCCC(=O)OC[C@H](COP(=O)(O)O)OC(=O)CCCCCCCCCCCCCCCCC(C)CC. The van der Waals surface area contributed by atoms with Gasteiger partial charge in [0.25, 0.3) is 0 Å². The topological polar surface area (TPSA) is 119 Å². The number of carbonyl (C=O) groups is 2. The molecule has 0 aromatic heterocycles. The molecule has 0 saturated carbocycles. The highest BCUT2D eigenvalue weighted by Gasteiger charge is 2.23. The largest absolute Gasteiger partial charge is 0.469 e. The zero-order valence-corrected chi connectivity index (χ0v) is 36.9. The zero-order chi connectivity index (χ0) is 40.0. The summed E-state index contributed by atoms with van der Waals surface area (Å²) in [5.74, 6) is 0.899. The molecule has 9 heteroatoms. The number of rotatable bonds is 42. The monoisotopic (exact) mass is 789 g/mol. The predicted octanol–water partition coefficient (Wildman–Crippen LogP) is 14.1. The molecule has 0 spiro atoms. The molecule has 2 N–H and O–H groups in total. The molecule has 0 bridgehead atoms. The lowest BCUT2D eigenvalue weighted by atomic mass is 9.99. The van der Waals surface area contributed by atoms with Gasteiger partial charge in [0, 0.05) is 12.8 Å². The first-order valence-corrected chi connectivity index (χ1v) is 24.7. The summed E-state index contributed by atoms with van der Waals surface area (Å²) in [6.45, 7) is 8.48. The van der Waals surface area contributed by atoms with Crippen LogP contribution in [0.4, 0.5) is 0 Å². The third-order valence-electron chi connectivity index (χ3n) is 11.2. The van der Waals surface area contributed by atoms with Crippen molar-refractivity contribution in [3.05, 3.63) is 0 Å². The Balaban J connectivity index is 3.83. The maximum atomic E-state index is 12.4. The first kappa shape index (κ1) is 53.0. The fourth-order valence-corrected chi connectivity index (χ4v) is 7.33. The minimum atomic E-state index is -4.75. The molecule has 0 heterocycles. The van der Waals surface area contributed by atoms with E-state index in [1.807, 2.05) is 0 Å². The first-order valence-electron chi connectivity index (χ1n) is 23.1. The third-order valence-corrected chi connectivity index (χ3v) is 11.7. The number of ether oxygens (including phenoxy) is 2. The molecule has 3 atom stereocenters. The lowest BCUT2D eigenvalue weighted by molar-refractivity contribution is -0.161. The number of esters is 2. The maximum Gasteiger partial charge on any atom is 0.469 e. The van der Waals surface area contributed by atoms with Crippen LogP contribution in [-0.2, 0) is 28.2 Å². The van der Waals surface area contributed by atoms with E-state index in [0.717, 1.165) is 43.9 Å². The van der Waals surface area contributed by atoms with E-state index in [4.69, 9.17) is 19.3 Å². The van der Waals surface area contributed by atoms with Crippen LogP contribution < -0.4 is 0 Å². The van der Waals surface area contributed by atoms with Gasteiger partial charge in [-0.25, -0.2) is 4.57 Å². The van der Waals surface area contributed by atoms with Gasteiger partial charge in [0.15, 0.2) is 6.10 Å². The van der Waals surface area contributed by atoms with E-state index in [9.17, 15) is 14.2 Å². The standard InChI is InChI=1S/C45H89O8P/c1-5-41(3)35-31-27-23-19-15-11-7-9-13-17-21-25-29-33-37-44(46)51-39-43(40-52-54(48,49)50)53-45(47)38-34-30-26-22-18-14-10-8-12-16-20-24-28-32-36-42(4)6-2/h41-43H,5-40H2,1-4H3,(H2,48,49,50)/t41?,42?,43-/m1/s1. The summed E-state index contributed by atoms with van der Waals surface area (Å²) in [6.07, 6.45) is 39.6. The van der Waals surface area contributed by atoms with Crippen LogP contribution in [0.1, 0.15) is 246 Å². The summed E-state index contributed by atoms with van der Waals surface area (Å²) in [5, 5.41) is 0. The lowest BCUT2D eigenvalue weighted by Crippen LogP contribution is -2.29. The minimum absolute atomic E-state index is 0.219. The van der Waals surface area contributed by atoms with E-state index >= 15 is 0 Å². The van der Waals surface area contributed by atoms with Crippen molar-refractivity contribution in [1.29, 1.82) is 0 Å². The molecule has 0 saturated heterocycles. The van der Waals surface area contributed by atoms with Crippen LogP contribution >= 0.6 is 7.82 Å². The van der Waals surface area contributed by atoms with Gasteiger partial charge >= 0.3 is 19.8 Å². The van der Waals surface area contributed by atoms with Crippen LogP contribution in [0.5, 0.6) is 0 Å². The third kappa shape index (κ3) is 40.7. The molecule has 0 rings (SSSR count). The van der Waals surface area contributed by atoms with Crippen LogP contribution in [0, 0.1) is 11.8 Å². The summed E-state index contributed by atoms with van der Waals surface area (Å²) in [7, 11) is -4.75. The van der Waals surface area contributed by atoms with Gasteiger partial charge < -0.3 is 19.3 Å². The van der Waals surface area contributed by atoms with E-state index in [1.54, 1.807) is 0 Å². The van der Waals surface area contributed by atoms with Gasteiger partial charge in [-0.2, -0.15) is 0 Å². The highest BCUT2D eigenvalue weighted by atomic mass is 31.2. The average Bonchev–Trinajstić information content (AvgIpc) is 3.14. The van der Waals surface area contributed by atoms with Gasteiger partial charge in [0.2, 0.25) is 0 Å². The second-order valence-electron chi connectivity index (χ2n) is 16.6. The molecule has 0 radical (unpaired) electrons. The second-order valence-corrected chi connectivity index (χ2v) is 17.8. The van der Waals surface area contributed by atoms with Crippen molar-refractivity contribution in [1.82, 2.24) is 0 Å². The van der Waals surface area contributed by atoms with Crippen LogP contribution in [0.15, 0.2) is 0 Å². The summed E-state index contributed by atoms with van der Waals surface area (Å²) < 4.78 is 26.5. The van der Waals surface area contributed by atoms with Gasteiger partial charge in [-0.15, -0.1) is 0 Å². The molecule has 322 valence electrons. The molecular formula is C45H89O8P. The average molecular weight is 789 g/mol. The fourth-order valence-electron chi connectivity index (χ4n) is 6.97. The molecule has 0 amide bonds. The molecule has 0 aliphatic carbocycles. The maximum absolute atomic E-state index is 12.4. The minimum Gasteiger partial charge on any atom is -0.462 e. The molecule has 2 unspecified atom stereocenters. The Hall–Kier alpha value is -0.950. The number of hydrogen-bond donors (Lipinski definition) is 2. The molecule has 0 fully saturated rings. The Morgan fingerprint density at radius 3 is 1.07 bits per heavy atom. The van der Waals surface area contributed by atoms with E-state index in [0.29, 0.717) is 6.42 Å². The van der Waals surface area contributed by atoms with Gasteiger partial charge in [-0.05, 0) is 24.7 Å². The summed E-state index contributed by atoms with van der Waals surface area (Å²) >= 11 is 0. The normalized spacial score (nSPS) is 13.5. The Morgan fingerprint density at radius 1 is 0.463 bits per heavy atom. The summed E-state index contributed by atoms with van der Waals surface area (Å²) in [4.78, 5) is 43.0. The van der Waals surface area contributed by atoms with Crippen molar-refractivity contribution >= 4 is 19.8 Å². The van der Waals surface area contributed by atoms with E-state index in [2.05, 4.69) is 32.2 Å². The van der Waals surface area contributed by atoms with Gasteiger partial charge in [0.1, 0.15) is 6.61 Å². The zero-order valence-electron chi connectivity index (χ0n) is 36.0. The van der Waals surface area contributed by atoms with Crippen molar-refractivity contribution in [2.45, 2.75) is 252 Å². The van der Waals surface area contributed by atoms with Crippen LogP contribution in [0.25, 0.3) is 0 Å². The van der Waals surface area contributed by atoms with E-state index < -0.39 is 32.5 Å². The molecular weight excluding hydrogens is 699 g/mol. The van der Waals surface area contributed by atoms with Crippen molar-refractivity contribution in [3.8, 4) is 0 Å². The Morgan fingerprint density at radius 2 is 0.759 bits per heavy atom. The summed E-state index contributed by atoms with van der Waals surface area (Å²) in [6, 6.07) is 0. The Labute approximate surface area is 334 Å². The molecule has 54 heavy (non-hydrogen) atoms. The van der Waals surface area contributed by atoms with Gasteiger partial charge in [0.05, 0.1) is 6.61 Å². The van der Waals surface area contributed by atoms with Crippen molar-refractivity contribution in [2.24, 2.45) is 11.8 Å². The Bertz CT molecular complexity index is 878. The number of phosphoric acid groups is 1. The summed E-state index contributed by atoms with van der Waals surface area (Å²) in [5.41, 5.74) is 0. The quantitative estimate of drug-likeness (QED) is 0.0356. The second kappa shape index (κ2) is 38.9. The van der Waals surface area contributed by atoms with Crippen LogP contribution in [0.2, 0.25) is 0 Å². The number of phosphoric ester groups is 1. The van der Waals surface area contributed by atoms with Crippen molar-refractivity contribution < 1.29 is 37.9 Å². The van der Waals surface area contributed by atoms with Crippen LogP contribution in [0.3, 0.4) is 0 Å². The number of carbonyl (C=O) groups excluding carboxylic acids is 2.